The monoisotopic (exact) mass is 394 g/mol. The highest BCUT2D eigenvalue weighted by molar-refractivity contribution is 5.81. The first kappa shape index (κ1) is 20.6. The minimum Gasteiger partial charge on any atom is -0.480 e. The van der Waals surface area contributed by atoms with Gasteiger partial charge in [0.2, 0.25) is 0 Å². The second kappa shape index (κ2) is 9.37. The lowest BCUT2D eigenvalue weighted by molar-refractivity contribution is -0.139. The number of unbranched alkanes of at least 4 members (excludes halogenated alkanes) is 1. The van der Waals surface area contributed by atoms with Crippen LogP contribution >= 0.6 is 0 Å². The molecule has 2 aromatic rings. The van der Waals surface area contributed by atoms with Gasteiger partial charge in [0, 0.05) is 11.6 Å². The summed E-state index contributed by atoms with van der Waals surface area (Å²) < 4.78 is 5.42. The number of carbonyl (C=O) groups excluding carboxylic acids is 1. The number of nitrogens with one attached hydrogen (secondary N) is 2. The zero-order valence-corrected chi connectivity index (χ0v) is 16.5. The molecular formula is C23H26N2O4. The first-order valence-electron chi connectivity index (χ1n) is 9.85. The van der Waals surface area contributed by atoms with Gasteiger partial charge in [0.05, 0.1) is 0 Å². The summed E-state index contributed by atoms with van der Waals surface area (Å²) in [6.07, 6.45) is 1.58. The Balaban J connectivity index is 1.58. The number of aliphatic carboxylic acids is 1. The number of benzene rings is 2. The number of hydrogen-bond donors (Lipinski definition) is 3. The molecule has 6 heteroatoms. The molecule has 1 aliphatic carbocycles. The van der Waals surface area contributed by atoms with Crippen molar-refractivity contribution in [2.45, 2.75) is 44.6 Å². The summed E-state index contributed by atoms with van der Waals surface area (Å²) in [6.45, 7) is 1.88. The van der Waals surface area contributed by atoms with E-state index in [9.17, 15) is 14.7 Å². The Morgan fingerprint density at radius 2 is 1.66 bits per heavy atom. The quantitative estimate of drug-likeness (QED) is 0.428. The van der Waals surface area contributed by atoms with Crippen LogP contribution < -0.4 is 5.32 Å². The maximum absolute atomic E-state index is 12.2. The average molecular weight is 394 g/mol. The SMILES string of the molecule is CC(=N)CCCCC(NC(=O)OCC1c2ccccc2-c2ccccc21)C(=O)O. The van der Waals surface area contributed by atoms with Crippen LogP contribution in [-0.4, -0.2) is 35.5 Å². The molecule has 3 N–H and O–H groups in total. The Bertz CT molecular complexity index is 864. The Labute approximate surface area is 170 Å². The lowest BCUT2D eigenvalue weighted by atomic mass is 9.98. The van der Waals surface area contributed by atoms with Crippen molar-refractivity contribution < 1.29 is 19.4 Å². The zero-order chi connectivity index (χ0) is 20.8. The fraction of sp³-hybridized carbons (Fsp3) is 0.348. The Hall–Kier alpha value is -3.15. The van der Waals surface area contributed by atoms with E-state index >= 15 is 0 Å². The molecule has 0 fully saturated rings. The summed E-state index contributed by atoms with van der Waals surface area (Å²) in [5.41, 5.74) is 5.07. The normalized spacial score (nSPS) is 13.3. The van der Waals surface area contributed by atoms with Gasteiger partial charge in [-0.25, -0.2) is 9.59 Å². The summed E-state index contributed by atoms with van der Waals surface area (Å²) in [5, 5.41) is 19.2. The van der Waals surface area contributed by atoms with Gasteiger partial charge in [0.1, 0.15) is 12.6 Å². The summed E-state index contributed by atoms with van der Waals surface area (Å²) in [4.78, 5) is 23.7. The van der Waals surface area contributed by atoms with E-state index in [4.69, 9.17) is 10.1 Å². The van der Waals surface area contributed by atoms with Crippen LogP contribution in [0.25, 0.3) is 11.1 Å². The molecule has 1 aliphatic rings. The van der Waals surface area contributed by atoms with Gasteiger partial charge in [-0.1, -0.05) is 55.0 Å². The first-order chi connectivity index (χ1) is 14.0. The number of rotatable bonds is 9. The number of carbonyl (C=O) groups is 2. The molecule has 0 heterocycles. The highest BCUT2D eigenvalue weighted by Gasteiger charge is 2.29. The number of alkyl carbamates (subject to hydrolysis) is 1. The number of carboxylic acids is 1. The molecule has 0 saturated carbocycles. The minimum atomic E-state index is -1.08. The third-order valence-electron chi connectivity index (χ3n) is 5.23. The van der Waals surface area contributed by atoms with Crippen molar-refractivity contribution in [3.63, 3.8) is 0 Å². The van der Waals surface area contributed by atoms with E-state index in [0.717, 1.165) is 28.7 Å². The Morgan fingerprint density at radius 1 is 1.07 bits per heavy atom. The minimum absolute atomic E-state index is 0.0630. The molecule has 6 nitrogen and oxygen atoms in total. The van der Waals surface area contributed by atoms with Crippen LogP contribution in [0.1, 0.15) is 49.7 Å². The number of ether oxygens (including phenoxy) is 1. The topological polar surface area (TPSA) is 99.5 Å². The average Bonchev–Trinajstić information content (AvgIpc) is 3.02. The van der Waals surface area contributed by atoms with Crippen molar-refractivity contribution >= 4 is 17.8 Å². The van der Waals surface area contributed by atoms with Crippen molar-refractivity contribution in [3.8, 4) is 11.1 Å². The van der Waals surface area contributed by atoms with Crippen LogP contribution in [-0.2, 0) is 9.53 Å². The Morgan fingerprint density at radius 3 is 2.21 bits per heavy atom. The molecule has 1 amide bonds. The van der Waals surface area contributed by atoms with Crippen LogP contribution in [0.3, 0.4) is 0 Å². The fourth-order valence-corrected chi connectivity index (χ4v) is 3.78. The standard InChI is InChI=1S/C23H26N2O4/c1-15(24)8-2-7-13-21(22(26)27)25-23(28)29-14-20-18-11-5-3-9-16(18)17-10-4-6-12-19(17)20/h3-6,9-12,20-21,24H,2,7-8,13-14H2,1H3,(H,25,28)(H,26,27). The predicted molar refractivity (Wildman–Crippen MR) is 111 cm³/mol. The van der Waals surface area contributed by atoms with Gasteiger partial charge in [-0.05, 0) is 48.4 Å². The van der Waals surface area contributed by atoms with Crippen LogP contribution in [0.15, 0.2) is 48.5 Å². The molecule has 0 aliphatic heterocycles. The largest absolute Gasteiger partial charge is 0.480 e. The van der Waals surface area contributed by atoms with E-state index in [1.165, 1.54) is 0 Å². The van der Waals surface area contributed by atoms with Gasteiger partial charge in [-0.3, -0.25) is 0 Å². The first-order valence-corrected chi connectivity index (χ1v) is 9.85. The van der Waals surface area contributed by atoms with Crippen LogP contribution in [0.2, 0.25) is 0 Å². The lowest BCUT2D eigenvalue weighted by Gasteiger charge is -2.17. The van der Waals surface area contributed by atoms with E-state index in [0.29, 0.717) is 25.0 Å². The molecule has 0 aromatic heterocycles. The van der Waals surface area contributed by atoms with Crippen LogP contribution in [0.5, 0.6) is 0 Å². The molecule has 1 atom stereocenters. The summed E-state index contributed by atoms with van der Waals surface area (Å²) in [7, 11) is 0. The second-order valence-electron chi connectivity index (χ2n) is 7.39. The van der Waals surface area contributed by atoms with E-state index in [2.05, 4.69) is 17.4 Å². The highest BCUT2D eigenvalue weighted by atomic mass is 16.5. The van der Waals surface area contributed by atoms with E-state index in [1.54, 1.807) is 6.92 Å². The Kier molecular flexibility index (Phi) is 6.65. The van der Waals surface area contributed by atoms with Gasteiger partial charge in [-0.2, -0.15) is 0 Å². The smallest absolute Gasteiger partial charge is 0.407 e. The molecule has 3 rings (SSSR count). The molecule has 0 radical (unpaired) electrons. The molecular weight excluding hydrogens is 368 g/mol. The summed E-state index contributed by atoms with van der Waals surface area (Å²) in [6, 6.07) is 15.1. The third-order valence-corrected chi connectivity index (χ3v) is 5.23. The van der Waals surface area contributed by atoms with Gasteiger partial charge in [0.25, 0.3) is 0 Å². The maximum Gasteiger partial charge on any atom is 0.407 e. The number of carboxylic acid groups (broad SMARTS) is 1. The van der Waals surface area contributed by atoms with Crippen molar-refractivity contribution in [1.29, 1.82) is 5.41 Å². The molecule has 0 spiro atoms. The molecule has 0 bridgehead atoms. The fourth-order valence-electron chi connectivity index (χ4n) is 3.78. The lowest BCUT2D eigenvalue weighted by Crippen LogP contribution is -2.41. The zero-order valence-electron chi connectivity index (χ0n) is 16.5. The summed E-state index contributed by atoms with van der Waals surface area (Å²) in [5.74, 6) is -1.14. The maximum atomic E-state index is 12.2. The van der Waals surface area contributed by atoms with Crippen LogP contribution in [0, 0.1) is 5.41 Å². The van der Waals surface area contributed by atoms with E-state index in [1.807, 2.05) is 36.4 Å². The van der Waals surface area contributed by atoms with Gasteiger partial charge < -0.3 is 20.6 Å². The number of fused-ring (bicyclic) bond motifs is 3. The molecule has 152 valence electrons. The number of amides is 1. The van der Waals surface area contributed by atoms with Crippen molar-refractivity contribution in [3.05, 3.63) is 59.7 Å². The van der Waals surface area contributed by atoms with Gasteiger partial charge >= 0.3 is 12.1 Å². The van der Waals surface area contributed by atoms with E-state index < -0.39 is 18.1 Å². The summed E-state index contributed by atoms with van der Waals surface area (Å²) >= 11 is 0. The third kappa shape index (κ3) is 5.02. The van der Waals surface area contributed by atoms with Crippen molar-refractivity contribution in [1.82, 2.24) is 5.32 Å². The van der Waals surface area contributed by atoms with Crippen LogP contribution in [0.4, 0.5) is 4.79 Å². The van der Waals surface area contributed by atoms with Crippen molar-refractivity contribution in [2.24, 2.45) is 0 Å². The van der Waals surface area contributed by atoms with Gasteiger partial charge in [-0.15, -0.1) is 0 Å². The second-order valence-corrected chi connectivity index (χ2v) is 7.39. The van der Waals surface area contributed by atoms with Gasteiger partial charge in [0.15, 0.2) is 0 Å². The predicted octanol–water partition coefficient (Wildman–Crippen LogP) is 4.58. The van der Waals surface area contributed by atoms with E-state index in [-0.39, 0.29) is 12.5 Å². The molecule has 1 unspecified atom stereocenters. The molecule has 2 aromatic carbocycles. The number of hydrogen-bond acceptors (Lipinski definition) is 4. The highest BCUT2D eigenvalue weighted by Crippen LogP contribution is 2.44. The molecule has 29 heavy (non-hydrogen) atoms. The molecule has 0 saturated heterocycles. The van der Waals surface area contributed by atoms with Crippen molar-refractivity contribution in [2.75, 3.05) is 6.61 Å².